The van der Waals surface area contributed by atoms with Gasteiger partial charge in [0, 0.05) is 37.5 Å². The number of amides is 1. The van der Waals surface area contributed by atoms with E-state index >= 15 is 0 Å². The Morgan fingerprint density at radius 1 is 1.25 bits per heavy atom. The minimum Gasteiger partial charge on any atom is -0.350 e. The maximum atomic E-state index is 12.5. The Hall–Kier alpha value is -2.48. The highest BCUT2D eigenvalue weighted by Crippen LogP contribution is 2.21. The van der Waals surface area contributed by atoms with Crippen LogP contribution < -0.4 is 0 Å². The van der Waals surface area contributed by atoms with Crippen molar-refractivity contribution < 1.29 is 18.0 Å². The van der Waals surface area contributed by atoms with E-state index in [9.17, 15) is 18.0 Å². The van der Waals surface area contributed by atoms with Crippen molar-refractivity contribution in [2.24, 2.45) is 12.1 Å². The monoisotopic (exact) mass is 349 g/mol. The standard InChI is InChI=1S/C16H19N3O4S/c1-11(10-24(4,22)23)17-19(3)16(21)15(20)13-9-18(2)14-8-6-5-7-12(13)14/h5-9H,10H2,1-4H3. The molecule has 8 heteroatoms. The van der Waals surface area contributed by atoms with Gasteiger partial charge in [0.1, 0.15) is 0 Å². The zero-order chi connectivity index (χ0) is 18.1. The maximum Gasteiger partial charge on any atom is 0.314 e. The van der Waals surface area contributed by atoms with E-state index in [1.807, 2.05) is 12.1 Å². The van der Waals surface area contributed by atoms with Gasteiger partial charge in [-0.25, -0.2) is 13.4 Å². The number of carbonyl (C=O) groups is 2. The fourth-order valence-corrected chi connectivity index (χ4v) is 3.31. The molecule has 128 valence electrons. The van der Waals surface area contributed by atoms with Crippen molar-refractivity contribution in [3.05, 3.63) is 36.0 Å². The average Bonchev–Trinajstić information content (AvgIpc) is 2.81. The van der Waals surface area contributed by atoms with Crippen LogP contribution in [0.3, 0.4) is 0 Å². The second-order valence-electron chi connectivity index (χ2n) is 5.73. The van der Waals surface area contributed by atoms with Gasteiger partial charge in [-0.3, -0.25) is 9.59 Å². The van der Waals surface area contributed by atoms with Gasteiger partial charge in [-0.2, -0.15) is 5.10 Å². The second-order valence-corrected chi connectivity index (χ2v) is 7.87. The highest BCUT2D eigenvalue weighted by atomic mass is 32.2. The van der Waals surface area contributed by atoms with E-state index in [1.54, 1.807) is 29.9 Å². The van der Waals surface area contributed by atoms with Crippen LogP contribution in [0, 0.1) is 0 Å². The lowest BCUT2D eigenvalue weighted by Crippen LogP contribution is -2.31. The number of para-hydroxylation sites is 1. The molecule has 0 saturated carbocycles. The molecule has 0 spiro atoms. The summed E-state index contributed by atoms with van der Waals surface area (Å²) >= 11 is 0. The van der Waals surface area contributed by atoms with Crippen molar-refractivity contribution in [3.63, 3.8) is 0 Å². The molecule has 0 atom stereocenters. The van der Waals surface area contributed by atoms with Crippen LogP contribution in [-0.2, 0) is 21.7 Å². The number of nitrogens with zero attached hydrogens (tertiary/aromatic N) is 3. The Labute approximate surface area is 140 Å². The van der Waals surface area contributed by atoms with E-state index in [0.717, 1.165) is 16.8 Å². The van der Waals surface area contributed by atoms with Gasteiger partial charge in [0.2, 0.25) is 0 Å². The minimum atomic E-state index is -3.25. The van der Waals surface area contributed by atoms with Crippen LogP contribution in [0.15, 0.2) is 35.6 Å². The summed E-state index contributed by atoms with van der Waals surface area (Å²) in [4.78, 5) is 24.8. The molecule has 0 radical (unpaired) electrons. The van der Waals surface area contributed by atoms with E-state index in [0.29, 0.717) is 10.9 Å². The third-order valence-electron chi connectivity index (χ3n) is 3.42. The molecule has 0 aliphatic rings. The summed E-state index contributed by atoms with van der Waals surface area (Å²) in [5, 5.41) is 5.45. The van der Waals surface area contributed by atoms with Crippen molar-refractivity contribution in [3.8, 4) is 0 Å². The molecule has 24 heavy (non-hydrogen) atoms. The van der Waals surface area contributed by atoms with E-state index in [-0.39, 0.29) is 11.5 Å². The number of hydrazone groups is 1. The number of fused-ring (bicyclic) bond motifs is 1. The first kappa shape index (κ1) is 17.9. The lowest BCUT2D eigenvalue weighted by molar-refractivity contribution is -0.125. The molecule has 0 aliphatic heterocycles. The molecule has 1 aromatic carbocycles. The molecule has 0 aliphatic carbocycles. The molecular weight excluding hydrogens is 330 g/mol. The van der Waals surface area contributed by atoms with Gasteiger partial charge in [-0.1, -0.05) is 18.2 Å². The molecule has 0 fully saturated rings. The molecule has 0 unspecified atom stereocenters. The first-order valence-electron chi connectivity index (χ1n) is 7.18. The van der Waals surface area contributed by atoms with Crippen molar-refractivity contribution in [2.75, 3.05) is 19.1 Å². The first-order valence-corrected chi connectivity index (χ1v) is 9.24. The van der Waals surface area contributed by atoms with Crippen LogP contribution in [-0.4, -0.2) is 54.5 Å². The smallest absolute Gasteiger partial charge is 0.314 e. The second kappa shape index (κ2) is 6.56. The van der Waals surface area contributed by atoms with Gasteiger partial charge in [0.15, 0.2) is 9.84 Å². The highest BCUT2D eigenvalue weighted by molar-refractivity contribution is 7.91. The summed E-state index contributed by atoms with van der Waals surface area (Å²) in [6.07, 6.45) is 2.68. The number of hydrogen-bond donors (Lipinski definition) is 0. The Morgan fingerprint density at radius 3 is 2.50 bits per heavy atom. The number of aromatic nitrogens is 1. The molecule has 0 bridgehead atoms. The molecule has 0 saturated heterocycles. The molecule has 0 N–H and O–H groups in total. The number of carbonyl (C=O) groups excluding carboxylic acids is 2. The van der Waals surface area contributed by atoms with E-state index < -0.39 is 21.5 Å². The van der Waals surface area contributed by atoms with Crippen LogP contribution in [0.1, 0.15) is 17.3 Å². The number of aryl methyl sites for hydroxylation is 1. The number of benzene rings is 1. The lowest BCUT2D eigenvalue weighted by Gasteiger charge is -2.11. The topological polar surface area (TPSA) is 88.8 Å². The van der Waals surface area contributed by atoms with Crippen LogP contribution in [0.25, 0.3) is 10.9 Å². The fourth-order valence-electron chi connectivity index (χ4n) is 2.49. The van der Waals surface area contributed by atoms with Gasteiger partial charge in [0.05, 0.1) is 17.0 Å². The quantitative estimate of drug-likeness (QED) is 0.352. The third kappa shape index (κ3) is 3.88. The molecule has 2 aromatic rings. The van der Waals surface area contributed by atoms with Crippen LogP contribution >= 0.6 is 0 Å². The van der Waals surface area contributed by atoms with Gasteiger partial charge in [0.25, 0.3) is 5.78 Å². The minimum absolute atomic E-state index is 0.235. The molecule has 1 aromatic heterocycles. The Kier molecular flexibility index (Phi) is 4.88. The zero-order valence-corrected chi connectivity index (χ0v) is 14.8. The van der Waals surface area contributed by atoms with Gasteiger partial charge >= 0.3 is 5.91 Å². The Morgan fingerprint density at radius 2 is 1.88 bits per heavy atom. The van der Waals surface area contributed by atoms with Crippen molar-refractivity contribution in [2.45, 2.75) is 6.92 Å². The number of ketones is 1. The fraction of sp³-hybridized carbons (Fsp3) is 0.312. The predicted molar refractivity (Wildman–Crippen MR) is 92.8 cm³/mol. The van der Waals surface area contributed by atoms with Gasteiger partial charge in [-0.15, -0.1) is 0 Å². The SMILES string of the molecule is CC(CS(C)(=O)=O)=NN(C)C(=O)C(=O)c1cn(C)c2ccccc12. The number of hydrogen-bond acceptors (Lipinski definition) is 5. The number of likely N-dealkylation sites (N-methyl/N-ethyl adjacent to an activating group) is 1. The lowest BCUT2D eigenvalue weighted by atomic mass is 10.1. The summed E-state index contributed by atoms with van der Waals surface area (Å²) in [6, 6.07) is 7.27. The van der Waals surface area contributed by atoms with Crippen molar-refractivity contribution >= 4 is 38.1 Å². The molecule has 1 heterocycles. The third-order valence-corrected chi connectivity index (χ3v) is 4.36. The van der Waals surface area contributed by atoms with Crippen molar-refractivity contribution in [1.29, 1.82) is 0 Å². The number of sulfone groups is 1. The normalized spacial score (nSPS) is 12.4. The van der Waals surface area contributed by atoms with E-state index in [2.05, 4.69) is 5.10 Å². The largest absolute Gasteiger partial charge is 0.350 e. The number of rotatable bonds is 5. The zero-order valence-electron chi connectivity index (χ0n) is 14.0. The van der Waals surface area contributed by atoms with Crippen LogP contribution in [0.2, 0.25) is 0 Å². The van der Waals surface area contributed by atoms with Crippen molar-refractivity contribution in [1.82, 2.24) is 9.58 Å². The highest BCUT2D eigenvalue weighted by Gasteiger charge is 2.24. The molecule has 1 amide bonds. The Balaban J connectivity index is 2.28. The van der Waals surface area contributed by atoms with E-state index in [4.69, 9.17) is 0 Å². The first-order chi connectivity index (χ1) is 11.1. The van der Waals surface area contributed by atoms with Crippen LogP contribution in [0.4, 0.5) is 0 Å². The average molecular weight is 349 g/mol. The number of Topliss-reactive ketones (excluding diaryl/α,β-unsaturated/α-hetero) is 1. The summed E-state index contributed by atoms with van der Waals surface area (Å²) in [6.45, 7) is 1.49. The summed E-state index contributed by atoms with van der Waals surface area (Å²) < 4.78 is 24.3. The summed E-state index contributed by atoms with van der Waals surface area (Å²) in [7, 11) is -0.126. The van der Waals surface area contributed by atoms with E-state index in [1.165, 1.54) is 14.0 Å². The molecule has 7 nitrogen and oxygen atoms in total. The summed E-state index contributed by atoms with van der Waals surface area (Å²) in [5.74, 6) is -1.78. The van der Waals surface area contributed by atoms with Crippen LogP contribution in [0.5, 0.6) is 0 Å². The maximum absolute atomic E-state index is 12.5. The predicted octanol–water partition coefficient (Wildman–Crippen LogP) is 1.24. The Bertz CT molecular complexity index is 941. The molecule has 2 rings (SSSR count). The van der Waals surface area contributed by atoms with Gasteiger partial charge in [-0.05, 0) is 13.0 Å². The summed E-state index contributed by atoms with van der Waals surface area (Å²) in [5.41, 5.74) is 1.37. The molecular formula is C16H19N3O4S. The van der Waals surface area contributed by atoms with Gasteiger partial charge < -0.3 is 4.57 Å².